The zero-order valence-electron chi connectivity index (χ0n) is 10.4. The van der Waals surface area contributed by atoms with Crippen LogP contribution in [0, 0.1) is 0 Å². The van der Waals surface area contributed by atoms with E-state index in [-0.39, 0.29) is 5.91 Å². The Morgan fingerprint density at radius 2 is 2.11 bits per heavy atom. The van der Waals surface area contributed by atoms with Crippen molar-refractivity contribution in [3.63, 3.8) is 0 Å². The van der Waals surface area contributed by atoms with Crippen LogP contribution in [0.2, 0.25) is 0 Å². The molecule has 5 heteroatoms. The summed E-state index contributed by atoms with van der Waals surface area (Å²) in [5.41, 5.74) is 0. The molecule has 1 N–H and O–H groups in total. The average molecular weight is 313 g/mol. The second-order valence-electron chi connectivity index (χ2n) is 5.28. The molecule has 2 aliphatic rings. The van der Waals surface area contributed by atoms with Crippen LogP contribution in [0.25, 0.3) is 0 Å². The Bertz CT molecular complexity index is 448. The van der Waals surface area contributed by atoms with Gasteiger partial charge in [-0.25, -0.2) is 0 Å². The first-order valence-electron chi connectivity index (χ1n) is 6.41. The van der Waals surface area contributed by atoms with Gasteiger partial charge in [-0.3, -0.25) is 4.79 Å². The minimum absolute atomic E-state index is 0.0295. The van der Waals surface area contributed by atoms with Crippen LogP contribution < -0.4 is 5.32 Å². The van der Waals surface area contributed by atoms with Crippen molar-refractivity contribution in [2.24, 2.45) is 0 Å². The van der Waals surface area contributed by atoms with Gasteiger partial charge in [0.05, 0.1) is 10.7 Å². The van der Waals surface area contributed by atoms with Crippen molar-refractivity contribution < 1.29 is 9.21 Å². The van der Waals surface area contributed by atoms with Gasteiger partial charge in [-0.15, -0.1) is 0 Å². The van der Waals surface area contributed by atoms with Crippen LogP contribution in [-0.4, -0.2) is 36.0 Å². The molecule has 18 heavy (non-hydrogen) atoms. The van der Waals surface area contributed by atoms with Crippen molar-refractivity contribution in [3.05, 3.63) is 22.6 Å². The summed E-state index contributed by atoms with van der Waals surface area (Å²) in [5, 5.41) is 3.59. The van der Waals surface area contributed by atoms with Gasteiger partial charge < -0.3 is 14.6 Å². The van der Waals surface area contributed by atoms with E-state index in [0.717, 1.165) is 17.3 Å². The number of piperidine rings is 1. The smallest absolute Gasteiger partial charge is 0.290 e. The molecule has 2 fully saturated rings. The third-order valence-corrected chi connectivity index (χ3v) is 4.75. The molecule has 1 aromatic rings. The Morgan fingerprint density at radius 3 is 2.67 bits per heavy atom. The molecule has 3 rings (SSSR count). The lowest BCUT2D eigenvalue weighted by Gasteiger charge is -2.35. The maximum absolute atomic E-state index is 12.3. The molecule has 0 saturated carbocycles. The lowest BCUT2D eigenvalue weighted by atomic mass is 9.98. The summed E-state index contributed by atoms with van der Waals surface area (Å²) in [6.45, 7) is 0. The molecule has 4 nitrogen and oxygen atoms in total. The first-order valence-corrected chi connectivity index (χ1v) is 7.20. The number of hydrogen-bond acceptors (Lipinski definition) is 3. The van der Waals surface area contributed by atoms with Crippen LogP contribution in [0.4, 0.5) is 0 Å². The van der Waals surface area contributed by atoms with E-state index in [1.807, 2.05) is 11.9 Å². The van der Waals surface area contributed by atoms with Crippen molar-refractivity contribution >= 4 is 21.8 Å². The molecule has 0 spiro atoms. The van der Waals surface area contributed by atoms with Gasteiger partial charge in [-0.05, 0) is 47.7 Å². The highest BCUT2D eigenvalue weighted by Crippen LogP contribution is 2.30. The molecule has 0 radical (unpaired) electrons. The molecule has 98 valence electrons. The molecule has 1 amide bonds. The summed E-state index contributed by atoms with van der Waals surface area (Å²) in [5.74, 6) is 0.376. The molecule has 0 aliphatic carbocycles. The van der Waals surface area contributed by atoms with Crippen LogP contribution in [0.1, 0.15) is 36.2 Å². The Labute approximate surface area is 115 Å². The third-order valence-electron chi connectivity index (χ3n) is 4.13. The first-order chi connectivity index (χ1) is 8.65. The number of fused-ring (bicyclic) bond motifs is 2. The monoisotopic (exact) mass is 312 g/mol. The van der Waals surface area contributed by atoms with Gasteiger partial charge in [0.25, 0.3) is 5.91 Å². The number of rotatable bonds is 2. The average Bonchev–Trinajstić information content (AvgIpc) is 2.93. The van der Waals surface area contributed by atoms with Crippen LogP contribution in [0.15, 0.2) is 21.2 Å². The number of nitrogens with one attached hydrogen (secondary N) is 1. The Hall–Kier alpha value is -0.810. The molecule has 3 heterocycles. The third kappa shape index (κ3) is 2.10. The minimum Gasteiger partial charge on any atom is -0.458 e. The standard InChI is InChI=1S/C13H17BrN2O2/c1-16(13(17)12-11(14)4-5-18-12)10-6-8-2-3-9(7-10)15-8/h4-5,8-10,15H,2-3,6-7H2,1H3. The zero-order chi connectivity index (χ0) is 12.7. The number of carbonyl (C=O) groups is 1. The molecule has 2 aliphatic heterocycles. The van der Waals surface area contributed by atoms with E-state index in [1.54, 1.807) is 6.07 Å². The highest BCUT2D eigenvalue weighted by Gasteiger charge is 2.37. The van der Waals surface area contributed by atoms with Crippen LogP contribution in [0.5, 0.6) is 0 Å². The van der Waals surface area contributed by atoms with Crippen molar-refractivity contribution in [3.8, 4) is 0 Å². The number of nitrogens with zero attached hydrogens (tertiary/aromatic N) is 1. The predicted molar refractivity (Wildman–Crippen MR) is 71.5 cm³/mol. The lowest BCUT2D eigenvalue weighted by Crippen LogP contribution is -2.48. The molecule has 0 aromatic carbocycles. The quantitative estimate of drug-likeness (QED) is 0.912. The molecule has 1 aromatic heterocycles. The van der Waals surface area contributed by atoms with Gasteiger partial charge in [0.15, 0.2) is 0 Å². The first kappa shape index (κ1) is 12.2. The summed E-state index contributed by atoms with van der Waals surface area (Å²) in [6, 6.07) is 3.26. The summed E-state index contributed by atoms with van der Waals surface area (Å²) >= 11 is 3.34. The maximum Gasteiger partial charge on any atom is 0.290 e. The van der Waals surface area contributed by atoms with Crippen LogP contribution in [0.3, 0.4) is 0 Å². The van der Waals surface area contributed by atoms with E-state index >= 15 is 0 Å². The molecular formula is C13H17BrN2O2. The lowest BCUT2D eigenvalue weighted by molar-refractivity contribution is 0.0648. The van der Waals surface area contributed by atoms with Gasteiger partial charge in [0, 0.05) is 25.2 Å². The van der Waals surface area contributed by atoms with E-state index in [9.17, 15) is 4.79 Å². The molecule has 2 unspecified atom stereocenters. The summed E-state index contributed by atoms with van der Waals surface area (Å²) in [6.07, 6.45) is 6.13. The summed E-state index contributed by atoms with van der Waals surface area (Å²) in [4.78, 5) is 14.2. The fraction of sp³-hybridized carbons (Fsp3) is 0.615. The van der Waals surface area contributed by atoms with E-state index in [0.29, 0.717) is 23.9 Å². The topological polar surface area (TPSA) is 45.5 Å². The fourth-order valence-corrected chi connectivity index (χ4v) is 3.49. The van der Waals surface area contributed by atoms with Gasteiger partial charge in [0.2, 0.25) is 5.76 Å². The Morgan fingerprint density at radius 1 is 1.44 bits per heavy atom. The highest BCUT2D eigenvalue weighted by molar-refractivity contribution is 9.10. The Kier molecular flexibility index (Phi) is 3.20. The van der Waals surface area contributed by atoms with E-state index in [2.05, 4.69) is 21.2 Å². The molecule has 2 bridgehead atoms. The van der Waals surface area contributed by atoms with Gasteiger partial charge in [-0.1, -0.05) is 0 Å². The van der Waals surface area contributed by atoms with Crippen molar-refractivity contribution in [1.82, 2.24) is 10.2 Å². The van der Waals surface area contributed by atoms with Crippen LogP contribution in [-0.2, 0) is 0 Å². The van der Waals surface area contributed by atoms with E-state index < -0.39 is 0 Å². The normalized spacial score (nSPS) is 30.4. The maximum atomic E-state index is 12.3. The van der Waals surface area contributed by atoms with Crippen molar-refractivity contribution in [1.29, 1.82) is 0 Å². The highest BCUT2D eigenvalue weighted by atomic mass is 79.9. The number of amides is 1. The second kappa shape index (κ2) is 4.70. The molecular weight excluding hydrogens is 296 g/mol. The van der Waals surface area contributed by atoms with Gasteiger partial charge in [0.1, 0.15) is 0 Å². The second-order valence-corrected chi connectivity index (χ2v) is 6.13. The van der Waals surface area contributed by atoms with E-state index in [4.69, 9.17) is 4.42 Å². The Balaban J connectivity index is 1.73. The number of carbonyl (C=O) groups excluding carboxylic acids is 1. The fourth-order valence-electron chi connectivity index (χ4n) is 3.12. The molecule has 2 atom stereocenters. The van der Waals surface area contributed by atoms with Crippen molar-refractivity contribution in [2.75, 3.05) is 7.05 Å². The zero-order valence-corrected chi connectivity index (χ0v) is 11.9. The number of halogens is 1. The van der Waals surface area contributed by atoms with Gasteiger partial charge >= 0.3 is 0 Å². The summed E-state index contributed by atoms with van der Waals surface area (Å²) < 4.78 is 5.99. The van der Waals surface area contributed by atoms with Gasteiger partial charge in [-0.2, -0.15) is 0 Å². The number of furan rings is 1. The number of hydrogen-bond donors (Lipinski definition) is 1. The van der Waals surface area contributed by atoms with Crippen molar-refractivity contribution in [2.45, 2.75) is 43.8 Å². The van der Waals surface area contributed by atoms with Crippen LogP contribution >= 0.6 is 15.9 Å². The molecule has 2 saturated heterocycles. The van der Waals surface area contributed by atoms with E-state index in [1.165, 1.54) is 19.1 Å². The minimum atomic E-state index is -0.0295. The SMILES string of the molecule is CN(C(=O)c1occc1Br)C1CC2CCC(C1)N2. The largest absolute Gasteiger partial charge is 0.458 e. The summed E-state index contributed by atoms with van der Waals surface area (Å²) in [7, 11) is 1.88. The predicted octanol–water partition coefficient (Wildman–Crippen LogP) is 2.40.